The minimum atomic E-state index is -0.428. The second-order valence-corrected chi connectivity index (χ2v) is 5.75. The van der Waals surface area contributed by atoms with Gasteiger partial charge in [-0.3, -0.25) is 14.9 Å². The quantitative estimate of drug-likeness (QED) is 0.587. The Morgan fingerprint density at radius 2 is 2.15 bits per heavy atom. The van der Waals surface area contributed by atoms with E-state index in [4.69, 9.17) is 0 Å². The molecule has 1 aromatic rings. The van der Waals surface area contributed by atoms with Gasteiger partial charge in [0.25, 0.3) is 5.69 Å². The molecule has 0 radical (unpaired) electrons. The van der Waals surface area contributed by atoms with Gasteiger partial charge in [0.1, 0.15) is 0 Å². The molecule has 0 atom stereocenters. The fourth-order valence-electron chi connectivity index (χ4n) is 1.56. The molecule has 7 heteroatoms. The van der Waals surface area contributed by atoms with E-state index in [1.807, 2.05) is 13.8 Å². The van der Waals surface area contributed by atoms with Crippen LogP contribution < -0.4 is 10.6 Å². The average Bonchev–Trinajstić information content (AvgIpc) is 2.36. The van der Waals surface area contributed by atoms with Crippen LogP contribution in [0.2, 0.25) is 0 Å². The fourth-order valence-corrected chi connectivity index (χ4v) is 1.97. The van der Waals surface area contributed by atoms with Gasteiger partial charge in [0.05, 0.1) is 11.5 Å². The molecule has 20 heavy (non-hydrogen) atoms. The Morgan fingerprint density at radius 3 is 2.75 bits per heavy atom. The van der Waals surface area contributed by atoms with E-state index in [1.54, 1.807) is 12.1 Å². The van der Waals surface area contributed by atoms with E-state index in [9.17, 15) is 14.9 Å². The summed E-state index contributed by atoms with van der Waals surface area (Å²) in [6.07, 6.45) is 0. The third-order valence-electron chi connectivity index (χ3n) is 2.55. The molecule has 1 aromatic carbocycles. The molecule has 0 bridgehead atoms. The maximum Gasteiger partial charge on any atom is 0.273 e. The summed E-state index contributed by atoms with van der Waals surface area (Å²) in [5, 5.41) is 16.6. The molecule has 1 amide bonds. The van der Waals surface area contributed by atoms with Crippen LogP contribution >= 0.6 is 15.9 Å². The van der Waals surface area contributed by atoms with Gasteiger partial charge in [-0.1, -0.05) is 29.8 Å². The summed E-state index contributed by atoms with van der Waals surface area (Å²) in [7, 11) is 0. The first-order valence-corrected chi connectivity index (χ1v) is 7.09. The van der Waals surface area contributed by atoms with Crippen LogP contribution in [0.15, 0.2) is 22.7 Å². The second-order valence-electron chi connectivity index (χ2n) is 4.83. The Balaban J connectivity index is 2.51. The number of nitrogens with one attached hydrogen (secondary N) is 2. The Kier molecular flexibility index (Phi) is 6.60. The van der Waals surface area contributed by atoms with Crippen LogP contribution in [0, 0.1) is 16.0 Å². The van der Waals surface area contributed by atoms with Gasteiger partial charge in [-0.2, -0.15) is 0 Å². The van der Waals surface area contributed by atoms with E-state index >= 15 is 0 Å². The number of nitro groups is 1. The lowest BCUT2D eigenvalue weighted by molar-refractivity contribution is -0.385. The molecular weight excluding hydrogens is 326 g/mol. The summed E-state index contributed by atoms with van der Waals surface area (Å²) in [4.78, 5) is 22.0. The summed E-state index contributed by atoms with van der Waals surface area (Å²) in [6, 6.07) is 4.74. The van der Waals surface area contributed by atoms with Crippen molar-refractivity contribution in [1.82, 2.24) is 10.6 Å². The summed E-state index contributed by atoms with van der Waals surface area (Å²) in [6.45, 7) is 5.05. The normalized spacial score (nSPS) is 10.6. The van der Waals surface area contributed by atoms with Crippen LogP contribution in [0.5, 0.6) is 0 Å². The average molecular weight is 344 g/mol. The molecule has 0 heterocycles. The highest BCUT2D eigenvalue weighted by Crippen LogP contribution is 2.22. The summed E-state index contributed by atoms with van der Waals surface area (Å²) in [5.74, 6) is 0.279. The summed E-state index contributed by atoms with van der Waals surface area (Å²) < 4.78 is 0.768. The fraction of sp³-hybridized carbons (Fsp3) is 0.462. The van der Waals surface area contributed by atoms with Crippen LogP contribution in [0.1, 0.15) is 19.4 Å². The lowest BCUT2D eigenvalue weighted by atomic mass is 10.2. The molecule has 0 aliphatic carbocycles. The van der Waals surface area contributed by atoms with Crippen LogP contribution in [0.4, 0.5) is 5.69 Å². The molecular formula is C13H18BrN3O3. The van der Waals surface area contributed by atoms with Gasteiger partial charge in [-0.25, -0.2) is 0 Å². The Labute approximate surface area is 126 Å². The van der Waals surface area contributed by atoms with Gasteiger partial charge in [-0.05, 0) is 18.1 Å². The number of nitrogens with zero attached hydrogens (tertiary/aromatic N) is 1. The van der Waals surface area contributed by atoms with Gasteiger partial charge < -0.3 is 10.6 Å². The molecule has 1 rings (SSSR count). The molecule has 0 fully saturated rings. The van der Waals surface area contributed by atoms with E-state index < -0.39 is 4.92 Å². The molecule has 0 spiro atoms. The standard InChI is InChI=1S/C13H18BrN3O3/c1-9(2)6-16-13(18)8-15-7-10-5-11(14)3-4-12(10)17(19)20/h3-5,9,15H,6-8H2,1-2H3,(H,16,18). The van der Waals surface area contributed by atoms with Crippen molar-refractivity contribution < 1.29 is 9.72 Å². The van der Waals surface area contributed by atoms with E-state index in [2.05, 4.69) is 26.6 Å². The van der Waals surface area contributed by atoms with Crippen LogP contribution in [-0.4, -0.2) is 23.9 Å². The maximum atomic E-state index is 11.5. The first kappa shape index (κ1) is 16.6. The SMILES string of the molecule is CC(C)CNC(=O)CNCc1cc(Br)ccc1[N+](=O)[O-]. The molecule has 6 nitrogen and oxygen atoms in total. The van der Waals surface area contributed by atoms with Crippen LogP contribution in [-0.2, 0) is 11.3 Å². The van der Waals surface area contributed by atoms with Crippen molar-refractivity contribution in [3.63, 3.8) is 0 Å². The molecule has 110 valence electrons. The molecule has 0 saturated carbocycles. The lowest BCUT2D eigenvalue weighted by Crippen LogP contribution is -2.35. The van der Waals surface area contributed by atoms with E-state index in [1.165, 1.54) is 6.07 Å². The smallest absolute Gasteiger partial charge is 0.273 e. The summed E-state index contributed by atoms with van der Waals surface area (Å²) in [5.41, 5.74) is 0.587. The number of amides is 1. The molecule has 0 aliphatic heterocycles. The Bertz CT molecular complexity index is 492. The number of halogens is 1. The number of carbonyl (C=O) groups is 1. The highest BCUT2D eigenvalue weighted by atomic mass is 79.9. The first-order valence-electron chi connectivity index (χ1n) is 6.30. The molecule has 0 aliphatic rings. The zero-order valence-corrected chi connectivity index (χ0v) is 13.1. The van der Waals surface area contributed by atoms with Crippen molar-refractivity contribution in [3.8, 4) is 0 Å². The topological polar surface area (TPSA) is 84.3 Å². The second kappa shape index (κ2) is 7.96. The number of hydrogen-bond donors (Lipinski definition) is 2. The summed E-state index contributed by atoms with van der Waals surface area (Å²) >= 11 is 3.28. The molecule has 0 aromatic heterocycles. The van der Waals surface area contributed by atoms with Crippen molar-refractivity contribution in [2.75, 3.05) is 13.1 Å². The van der Waals surface area contributed by atoms with Gasteiger partial charge in [0.15, 0.2) is 0 Å². The van der Waals surface area contributed by atoms with Crippen molar-refractivity contribution in [1.29, 1.82) is 0 Å². The van der Waals surface area contributed by atoms with Crippen LogP contribution in [0.25, 0.3) is 0 Å². The monoisotopic (exact) mass is 343 g/mol. The van der Waals surface area contributed by atoms with Crippen molar-refractivity contribution >= 4 is 27.5 Å². The van der Waals surface area contributed by atoms with Crippen molar-refractivity contribution in [2.45, 2.75) is 20.4 Å². The largest absolute Gasteiger partial charge is 0.355 e. The number of rotatable bonds is 7. The molecule has 2 N–H and O–H groups in total. The molecule has 0 unspecified atom stereocenters. The highest BCUT2D eigenvalue weighted by Gasteiger charge is 2.13. The van der Waals surface area contributed by atoms with Crippen LogP contribution in [0.3, 0.4) is 0 Å². The van der Waals surface area contributed by atoms with Crippen molar-refractivity contribution in [3.05, 3.63) is 38.3 Å². The third-order valence-corrected chi connectivity index (χ3v) is 3.04. The van der Waals surface area contributed by atoms with Gasteiger partial charge in [0.2, 0.25) is 5.91 Å². The molecule has 0 saturated heterocycles. The number of carbonyl (C=O) groups excluding carboxylic acids is 1. The number of nitro benzene ring substituents is 1. The number of hydrogen-bond acceptors (Lipinski definition) is 4. The predicted molar refractivity (Wildman–Crippen MR) is 80.4 cm³/mol. The minimum absolute atomic E-state index is 0.0447. The zero-order valence-electron chi connectivity index (χ0n) is 11.5. The lowest BCUT2D eigenvalue weighted by Gasteiger charge is -2.09. The maximum absolute atomic E-state index is 11.5. The first-order chi connectivity index (χ1) is 9.40. The van der Waals surface area contributed by atoms with Gasteiger partial charge in [-0.15, -0.1) is 0 Å². The Morgan fingerprint density at radius 1 is 1.45 bits per heavy atom. The Hall–Kier alpha value is -1.47. The van der Waals surface area contributed by atoms with Gasteiger partial charge in [0, 0.05) is 29.2 Å². The van der Waals surface area contributed by atoms with E-state index in [-0.39, 0.29) is 24.7 Å². The van der Waals surface area contributed by atoms with Gasteiger partial charge >= 0.3 is 0 Å². The number of benzene rings is 1. The van der Waals surface area contributed by atoms with E-state index in [0.29, 0.717) is 18.0 Å². The third kappa shape index (κ3) is 5.66. The van der Waals surface area contributed by atoms with Crippen molar-refractivity contribution in [2.24, 2.45) is 5.92 Å². The minimum Gasteiger partial charge on any atom is -0.355 e. The highest BCUT2D eigenvalue weighted by molar-refractivity contribution is 9.10. The zero-order chi connectivity index (χ0) is 15.1. The van der Waals surface area contributed by atoms with E-state index in [0.717, 1.165) is 4.47 Å². The predicted octanol–water partition coefficient (Wildman–Crippen LogP) is 2.22.